The van der Waals surface area contributed by atoms with Crippen molar-refractivity contribution in [2.24, 2.45) is 7.05 Å². The van der Waals surface area contributed by atoms with Gasteiger partial charge in [0.15, 0.2) is 0 Å². The third kappa shape index (κ3) is 1.86. The highest BCUT2D eigenvalue weighted by Gasteiger charge is 2.14. The second-order valence-electron chi connectivity index (χ2n) is 3.66. The van der Waals surface area contributed by atoms with Crippen molar-refractivity contribution >= 4 is 32.9 Å². The fraction of sp³-hybridized carbons (Fsp3) is 0.182. The number of rotatable bonds is 1. The van der Waals surface area contributed by atoms with Gasteiger partial charge in [0, 0.05) is 11.5 Å². The molecule has 1 aromatic heterocycles. The van der Waals surface area contributed by atoms with Gasteiger partial charge >= 0.3 is 17.1 Å². The van der Waals surface area contributed by atoms with Crippen LogP contribution in [0.2, 0.25) is 0 Å². The average molecular weight is 313 g/mol. The number of carbonyl (C=O) groups is 1. The van der Waals surface area contributed by atoms with Crippen molar-refractivity contribution in [3.05, 3.63) is 42.9 Å². The number of methoxy groups -OCH3 is 1. The second-order valence-corrected chi connectivity index (χ2v) is 4.51. The van der Waals surface area contributed by atoms with Gasteiger partial charge in [0.25, 0.3) is 0 Å². The Labute approximate surface area is 109 Å². The van der Waals surface area contributed by atoms with Gasteiger partial charge in [-0.2, -0.15) is 0 Å². The number of halogens is 1. The smallest absolute Gasteiger partial charge is 0.339 e. The van der Waals surface area contributed by atoms with Gasteiger partial charge in [-0.1, -0.05) is 0 Å². The van der Waals surface area contributed by atoms with Crippen LogP contribution >= 0.6 is 15.9 Å². The summed E-state index contributed by atoms with van der Waals surface area (Å²) < 4.78 is 6.33. The summed E-state index contributed by atoms with van der Waals surface area (Å²) >= 11 is 3.23. The molecular formula is C11H9BrN2O4. The Hall–Kier alpha value is -1.89. The van der Waals surface area contributed by atoms with Crippen molar-refractivity contribution in [1.82, 2.24) is 9.55 Å². The molecule has 0 atom stereocenters. The molecular weight excluding hydrogens is 304 g/mol. The number of H-pyrrole nitrogens is 1. The molecule has 0 amide bonds. The van der Waals surface area contributed by atoms with Gasteiger partial charge < -0.3 is 14.3 Å². The lowest BCUT2D eigenvalue weighted by Gasteiger charge is -2.07. The first-order valence-corrected chi connectivity index (χ1v) is 5.76. The Kier molecular flexibility index (Phi) is 3.08. The molecule has 7 heteroatoms. The van der Waals surface area contributed by atoms with E-state index in [1.54, 1.807) is 6.07 Å². The summed E-state index contributed by atoms with van der Waals surface area (Å²) in [6, 6.07) is 3.05. The molecule has 2 rings (SSSR count). The van der Waals surface area contributed by atoms with Crippen molar-refractivity contribution in [2.75, 3.05) is 7.11 Å². The maximum atomic E-state index is 11.5. The van der Waals surface area contributed by atoms with Gasteiger partial charge in [-0.05, 0) is 28.1 Å². The van der Waals surface area contributed by atoms with Crippen LogP contribution in [0.1, 0.15) is 10.4 Å². The molecule has 1 heterocycles. The highest BCUT2D eigenvalue weighted by molar-refractivity contribution is 9.10. The summed E-state index contributed by atoms with van der Waals surface area (Å²) in [5, 5.41) is 0. The molecule has 1 aromatic carbocycles. The van der Waals surface area contributed by atoms with Crippen LogP contribution in [0, 0.1) is 0 Å². The van der Waals surface area contributed by atoms with E-state index in [0.717, 1.165) is 0 Å². The van der Waals surface area contributed by atoms with Gasteiger partial charge in [0.2, 0.25) is 0 Å². The zero-order valence-corrected chi connectivity index (χ0v) is 11.2. The molecule has 0 unspecified atom stereocenters. The van der Waals surface area contributed by atoms with Crippen LogP contribution < -0.4 is 11.1 Å². The largest absolute Gasteiger partial charge is 0.465 e. The minimum Gasteiger partial charge on any atom is -0.465 e. The lowest BCUT2D eigenvalue weighted by Crippen LogP contribution is -2.34. The van der Waals surface area contributed by atoms with Crippen LogP contribution in [0.15, 0.2) is 26.2 Å². The van der Waals surface area contributed by atoms with Crippen LogP contribution in [-0.4, -0.2) is 22.6 Å². The summed E-state index contributed by atoms with van der Waals surface area (Å²) in [4.78, 5) is 36.8. The number of aromatic nitrogens is 2. The molecule has 18 heavy (non-hydrogen) atoms. The van der Waals surface area contributed by atoms with Crippen LogP contribution in [-0.2, 0) is 11.8 Å². The lowest BCUT2D eigenvalue weighted by molar-refractivity contribution is 0.0600. The number of nitrogens with zero attached hydrogens (tertiary/aromatic N) is 1. The molecule has 0 saturated heterocycles. The van der Waals surface area contributed by atoms with E-state index in [1.165, 1.54) is 24.8 Å². The normalized spacial score (nSPS) is 10.6. The highest BCUT2D eigenvalue weighted by Crippen LogP contribution is 2.22. The van der Waals surface area contributed by atoms with E-state index in [4.69, 9.17) is 0 Å². The number of aryl methyl sites for hydroxylation is 1. The van der Waals surface area contributed by atoms with E-state index >= 15 is 0 Å². The van der Waals surface area contributed by atoms with Gasteiger partial charge in [0.05, 0.1) is 23.7 Å². The van der Waals surface area contributed by atoms with Gasteiger partial charge in [-0.15, -0.1) is 0 Å². The van der Waals surface area contributed by atoms with E-state index in [-0.39, 0.29) is 5.56 Å². The van der Waals surface area contributed by atoms with Gasteiger partial charge in [-0.3, -0.25) is 9.59 Å². The van der Waals surface area contributed by atoms with Crippen LogP contribution in [0.25, 0.3) is 11.0 Å². The maximum absolute atomic E-state index is 11.5. The Bertz CT molecular complexity index is 760. The number of fused-ring (bicyclic) bond motifs is 1. The van der Waals surface area contributed by atoms with Crippen molar-refractivity contribution in [3.8, 4) is 0 Å². The number of esters is 1. The van der Waals surface area contributed by atoms with Gasteiger partial charge in [0.1, 0.15) is 0 Å². The molecule has 0 saturated carbocycles. The number of hydrogen-bond donors (Lipinski definition) is 1. The van der Waals surface area contributed by atoms with Crippen molar-refractivity contribution in [3.63, 3.8) is 0 Å². The maximum Gasteiger partial charge on any atom is 0.339 e. The molecule has 1 N–H and O–H groups in total. The highest BCUT2D eigenvalue weighted by atomic mass is 79.9. The van der Waals surface area contributed by atoms with E-state index in [0.29, 0.717) is 15.5 Å². The van der Waals surface area contributed by atoms with E-state index in [2.05, 4.69) is 25.7 Å². The molecule has 6 nitrogen and oxygen atoms in total. The van der Waals surface area contributed by atoms with Gasteiger partial charge in [-0.25, -0.2) is 4.79 Å². The third-order valence-electron chi connectivity index (χ3n) is 2.60. The van der Waals surface area contributed by atoms with E-state index in [9.17, 15) is 14.4 Å². The number of hydrogen-bond acceptors (Lipinski definition) is 4. The first-order chi connectivity index (χ1) is 8.45. The molecule has 0 spiro atoms. The van der Waals surface area contributed by atoms with Crippen LogP contribution in [0.5, 0.6) is 0 Å². The number of benzene rings is 1. The van der Waals surface area contributed by atoms with Crippen LogP contribution in [0.4, 0.5) is 0 Å². The summed E-state index contributed by atoms with van der Waals surface area (Å²) in [6.07, 6.45) is 0. The number of ether oxygens (including phenoxy) is 1. The minimum atomic E-state index is -0.733. The first kappa shape index (κ1) is 12.6. The standard InChI is InChI=1S/C11H9BrN2O4/c1-14-8-4-6(12)5(11(17)18-2)3-7(8)13-9(15)10(14)16/h3-4H,1-2H3,(H,13,15). The quantitative estimate of drug-likeness (QED) is 0.623. The van der Waals surface area contributed by atoms with Crippen molar-refractivity contribution in [2.45, 2.75) is 0 Å². The monoisotopic (exact) mass is 312 g/mol. The molecule has 0 aliphatic carbocycles. The number of aromatic amines is 1. The number of carbonyl (C=O) groups excluding carboxylic acids is 1. The topological polar surface area (TPSA) is 81.2 Å². The predicted octanol–water partition coefficient (Wildman–Crippen LogP) is 0.776. The fourth-order valence-corrected chi connectivity index (χ4v) is 2.14. The summed E-state index contributed by atoms with van der Waals surface area (Å²) in [5.41, 5.74) is -0.201. The molecule has 2 aromatic rings. The zero-order valence-electron chi connectivity index (χ0n) is 9.61. The van der Waals surface area contributed by atoms with Crippen LogP contribution in [0.3, 0.4) is 0 Å². The SMILES string of the molecule is COC(=O)c1cc2[nH]c(=O)c(=O)n(C)c2cc1Br. The average Bonchev–Trinajstić information content (AvgIpc) is 2.36. The van der Waals surface area contributed by atoms with E-state index in [1.807, 2.05) is 0 Å². The van der Waals surface area contributed by atoms with E-state index < -0.39 is 17.1 Å². The number of nitrogens with one attached hydrogen (secondary N) is 1. The lowest BCUT2D eigenvalue weighted by atomic mass is 10.2. The fourth-order valence-electron chi connectivity index (χ4n) is 1.64. The molecule has 0 fully saturated rings. The molecule has 0 bridgehead atoms. The first-order valence-electron chi connectivity index (χ1n) is 4.96. The second kappa shape index (κ2) is 4.41. The summed E-state index contributed by atoms with van der Waals surface area (Å²) in [7, 11) is 2.76. The summed E-state index contributed by atoms with van der Waals surface area (Å²) in [6.45, 7) is 0. The Morgan fingerprint density at radius 1 is 1.39 bits per heavy atom. The Balaban J connectivity index is 2.89. The molecule has 0 aliphatic heterocycles. The predicted molar refractivity (Wildman–Crippen MR) is 68.8 cm³/mol. The Morgan fingerprint density at radius 3 is 2.67 bits per heavy atom. The third-order valence-corrected chi connectivity index (χ3v) is 3.26. The summed E-state index contributed by atoms with van der Waals surface area (Å²) in [5.74, 6) is -0.529. The molecule has 94 valence electrons. The Morgan fingerprint density at radius 2 is 2.06 bits per heavy atom. The minimum absolute atomic E-state index is 0.277. The van der Waals surface area contributed by atoms with Crippen molar-refractivity contribution in [1.29, 1.82) is 0 Å². The zero-order chi connectivity index (χ0) is 13.4. The van der Waals surface area contributed by atoms with Crippen molar-refractivity contribution < 1.29 is 9.53 Å². The molecule has 0 radical (unpaired) electrons. The molecule has 0 aliphatic rings.